The van der Waals surface area contributed by atoms with E-state index in [0.29, 0.717) is 30.4 Å². The third-order valence-corrected chi connectivity index (χ3v) is 7.84. The lowest BCUT2D eigenvalue weighted by atomic mass is 10.0. The molecule has 0 bridgehead atoms. The zero-order valence-electron chi connectivity index (χ0n) is 17.8. The van der Waals surface area contributed by atoms with E-state index < -0.39 is 15.9 Å². The van der Waals surface area contributed by atoms with Crippen LogP contribution in [-0.2, 0) is 10.0 Å². The van der Waals surface area contributed by atoms with Crippen LogP contribution in [0.5, 0.6) is 0 Å². The van der Waals surface area contributed by atoms with E-state index >= 15 is 0 Å². The number of benzene rings is 2. The molecule has 32 heavy (non-hydrogen) atoms. The van der Waals surface area contributed by atoms with Gasteiger partial charge in [-0.25, -0.2) is 13.4 Å². The van der Waals surface area contributed by atoms with E-state index in [1.54, 1.807) is 25.3 Å². The zero-order chi connectivity index (χ0) is 22.9. The Morgan fingerprint density at radius 3 is 2.62 bits per heavy atom. The number of nitrogens with one attached hydrogen (secondary N) is 1. The molecule has 3 aromatic rings. The van der Waals surface area contributed by atoms with Crippen LogP contribution in [0, 0.1) is 12.8 Å². The number of aromatic nitrogens is 1. The first-order valence-corrected chi connectivity index (χ1v) is 12.2. The molecule has 0 aliphatic carbocycles. The van der Waals surface area contributed by atoms with Gasteiger partial charge in [0.2, 0.25) is 10.0 Å². The molecule has 1 fully saturated rings. The molecule has 0 unspecified atom stereocenters. The standard InChI is InChI=1S/C23H24ClN3O4S/c1-15-4-3-11-27(13-15)32(29,30)22-12-18(7-10-20(22)24)23(28)26-19-8-5-17(6-9-19)21-14-31-16(2)25-21/h5-10,12,14-15H,3-4,11,13H2,1-2H3,(H,26,28)/t15-/m1/s1. The number of hydrogen-bond acceptors (Lipinski definition) is 5. The normalized spacial score (nSPS) is 17.3. The Labute approximate surface area is 192 Å². The summed E-state index contributed by atoms with van der Waals surface area (Å²) in [5.41, 5.74) is 2.35. The van der Waals surface area contributed by atoms with Crippen molar-refractivity contribution in [2.45, 2.75) is 31.6 Å². The van der Waals surface area contributed by atoms with Crippen LogP contribution in [-0.4, -0.2) is 36.7 Å². The molecule has 1 N–H and O–H groups in total. The fourth-order valence-corrected chi connectivity index (χ4v) is 5.87. The molecule has 168 valence electrons. The number of aryl methyl sites for hydroxylation is 1. The highest BCUT2D eigenvalue weighted by Crippen LogP contribution is 2.29. The average molecular weight is 474 g/mol. The summed E-state index contributed by atoms with van der Waals surface area (Å²) in [6.07, 6.45) is 3.38. The number of nitrogens with zero attached hydrogens (tertiary/aromatic N) is 2. The van der Waals surface area contributed by atoms with E-state index in [1.807, 2.05) is 19.1 Å². The highest BCUT2D eigenvalue weighted by Gasteiger charge is 2.31. The molecule has 9 heteroatoms. The van der Waals surface area contributed by atoms with Gasteiger partial charge in [-0.15, -0.1) is 0 Å². The first-order chi connectivity index (χ1) is 15.2. The summed E-state index contributed by atoms with van der Waals surface area (Å²) in [5, 5.41) is 2.90. The minimum absolute atomic E-state index is 0.0438. The fourth-order valence-electron chi connectivity index (χ4n) is 3.77. The summed E-state index contributed by atoms with van der Waals surface area (Å²) in [4.78, 5) is 17.0. The summed E-state index contributed by atoms with van der Waals surface area (Å²) in [6, 6.07) is 11.5. The Hall–Kier alpha value is -2.68. The van der Waals surface area contributed by atoms with Crippen LogP contribution in [0.15, 0.2) is 58.0 Å². The topological polar surface area (TPSA) is 92.5 Å². The zero-order valence-corrected chi connectivity index (χ0v) is 19.4. The first-order valence-electron chi connectivity index (χ1n) is 10.4. The number of sulfonamides is 1. The number of rotatable bonds is 5. The summed E-state index contributed by atoms with van der Waals surface area (Å²) < 4.78 is 33.0. The molecule has 2 aromatic carbocycles. The summed E-state index contributed by atoms with van der Waals surface area (Å²) in [6.45, 7) is 4.70. The maximum absolute atomic E-state index is 13.2. The molecule has 0 radical (unpaired) electrons. The quantitative estimate of drug-likeness (QED) is 0.564. The van der Waals surface area contributed by atoms with Crippen molar-refractivity contribution in [1.29, 1.82) is 0 Å². The van der Waals surface area contributed by atoms with Crippen LogP contribution >= 0.6 is 11.6 Å². The van der Waals surface area contributed by atoms with Gasteiger partial charge in [0.25, 0.3) is 5.91 Å². The molecule has 4 rings (SSSR count). The Kier molecular flexibility index (Phi) is 6.37. The van der Waals surface area contributed by atoms with Crippen LogP contribution in [0.25, 0.3) is 11.3 Å². The molecule has 1 aromatic heterocycles. The van der Waals surface area contributed by atoms with Crippen molar-refractivity contribution < 1.29 is 17.6 Å². The van der Waals surface area contributed by atoms with E-state index in [9.17, 15) is 13.2 Å². The third-order valence-electron chi connectivity index (χ3n) is 5.49. The van der Waals surface area contributed by atoms with Crippen molar-refractivity contribution in [3.8, 4) is 11.3 Å². The molecule has 1 amide bonds. The Morgan fingerprint density at radius 2 is 1.97 bits per heavy atom. The molecular formula is C23H24ClN3O4S. The molecule has 1 aliphatic heterocycles. The number of hydrogen-bond donors (Lipinski definition) is 1. The smallest absolute Gasteiger partial charge is 0.255 e. The van der Waals surface area contributed by atoms with Crippen LogP contribution in [0.2, 0.25) is 5.02 Å². The van der Waals surface area contributed by atoms with Crippen molar-refractivity contribution in [1.82, 2.24) is 9.29 Å². The minimum atomic E-state index is -3.78. The van der Waals surface area contributed by atoms with Crippen molar-refractivity contribution in [2.24, 2.45) is 5.92 Å². The maximum Gasteiger partial charge on any atom is 0.255 e. The van der Waals surface area contributed by atoms with E-state index in [-0.39, 0.29) is 21.4 Å². The Bertz CT molecular complexity index is 1240. The highest BCUT2D eigenvalue weighted by atomic mass is 35.5. The van der Waals surface area contributed by atoms with E-state index in [1.165, 1.54) is 22.5 Å². The van der Waals surface area contributed by atoms with E-state index in [2.05, 4.69) is 10.3 Å². The monoisotopic (exact) mass is 473 g/mol. The number of carbonyl (C=O) groups is 1. The summed E-state index contributed by atoms with van der Waals surface area (Å²) >= 11 is 6.23. The maximum atomic E-state index is 13.2. The molecule has 2 heterocycles. The van der Waals surface area contributed by atoms with Crippen molar-refractivity contribution in [3.05, 3.63) is 65.2 Å². The average Bonchev–Trinajstić information content (AvgIpc) is 3.20. The first kappa shape index (κ1) is 22.5. The van der Waals surface area contributed by atoms with Crippen LogP contribution in [0.3, 0.4) is 0 Å². The number of halogens is 1. The van der Waals surface area contributed by atoms with Crippen molar-refractivity contribution in [3.63, 3.8) is 0 Å². The van der Waals surface area contributed by atoms with Gasteiger partial charge < -0.3 is 9.73 Å². The summed E-state index contributed by atoms with van der Waals surface area (Å²) in [7, 11) is -3.78. The van der Waals surface area contributed by atoms with E-state index in [4.69, 9.17) is 16.0 Å². The minimum Gasteiger partial charge on any atom is -0.449 e. The number of carbonyl (C=O) groups excluding carboxylic acids is 1. The summed E-state index contributed by atoms with van der Waals surface area (Å²) in [5.74, 6) is 0.438. The predicted octanol–water partition coefficient (Wildman–Crippen LogP) is 4.98. The number of anilines is 1. The second-order valence-corrected chi connectivity index (χ2v) is 10.4. The fraction of sp³-hybridized carbons (Fsp3) is 0.304. The van der Waals surface area contributed by atoms with Crippen LogP contribution in [0.4, 0.5) is 5.69 Å². The lowest BCUT2D eigenvalue weighted by molar-refractivity contribution is 0.102. The van der Waals surface area contributed by atoms with Gasteiger partial charge >= 0.3 is 0 Å². The van der Waals surface area contributed by atoms with Gasteiger partial charge in [-0.05, 0) is 49.1 Å². The molecule has 1 saturated heterocycles. The van der Waals surface area contributed by atoms with Gasteiger partial charge in [0.05, 0.1) is 5.02 Å². The van der Waals surface area contributed by atoms with Crippen molar-refractivity contribution in [2.75, 3.05) is 18.4 Å². The molecular weight excluding hydrogens is 450 g/mol. The lowest BCUT2D eigenvalue weighted by Gasteiger charge is -2.30. The molecule has 0 spiro atoms. The largest absolute Gasteiger partial charge is 0.449 e. The number of amides is 1. The Morgan fingerprint density at radius 1 is 1.22 bits per heavy atom. The second kappa shape index (κ2) is 9.05. The van der Waals surface area contributed by atoms with Gasteiger partial charge in [-0.2, -0.15) is 4.31 Å². The third kappa shape index (κ3) is 4.72. The van der Waals surface area contributed by atoms with Crippen LogP contribution < -0.4 is 5.32 Å². The Balaban J connectivity index is 1.53. The number of piperidine rings is 1. The molecule has 1 aliphatic rings. The highest BCUT2D eigenvalue weighted by molar-refractivity contribution is 7.89. The second-order valence-electron chi connectivity index (χ2n) is 8.04. The lowest BCUT2D eigenvalue weighted by Crippen LogP contribution is -2.39. The van der Waals surface area contributed by atoms with Gasteiger partial charge in [-0.1, -0.05) is 30.7 Å². The van der Waals surface area contributed by atoms with Crippen LogP contribution in [0.1, 0.15) is 36.0 Å². The van der Waals surface area contributed by atoms with Gasteiger partial charge in [0, 0.05) is 36.8 Å². The SMILES string of the molecule is Cc1nc(-c2ccc(NC(=O)c3ccc(Cl)c(S(=O)(=O)N4CCC[C@@H](C)C4)c3)cc2)co1. The van der Waals surface area contributed by atoms with Crippen molar-refractivity contribution >= 4 is 33.2 Å². The molecule has 0 saturated carbocycles. The van der Waals surface area contributed by atoms with Gasteiger partial charge in [0.1, 0.15) is 16.9 Å². The number of oxazole rings is 1. The predicted molar refractivity (Wildman–Crippen MR) is 123 cm³/mol. The molecule has 1 atom stereocenters. The van der Waals surface area contributed by atoms with Gasteiger partial charge in [0.15, 0.2) is 5.89 Å². The van der Waals surface area contributed by atoms with E-state index in [0.717, 1.165) is 18.4 Å². The molecule has 7 nitrogen and oxygen atoms in total. The van der Waals surface area contributed by atoms with Gasteiger partial charge in [-0.3, -0.25) is 4.79 Å².